The Morgan fingerprint density at radius 1 is 1.48 bits per heavy atom. The zero-order chi connectivity index (χ0) is 15.6. The maximum Gasteiger partial charge on any atom is 0.419 e. The summed E-state index contributed by atoms with van der Waals surface area (Å²) in [4.78, 5) is 13.6. The van der Waals surface area contributed by atoms with Gasteiger partial charge in [0.05, 0.1) is 11.6 Å². The number of carbonyl (C=O) groups is 1. The monoisotopic (exact) mass is 302 g/mol. The molecule has 1 aliphatic heterocycles. The normalized spacial score (nSPS) is 19.7. The Bertz CT molecular complexity index is 531. The van der Waals surface area contributed by atoms with Gasteiger partial charge in [0.15, 0.2) is 0 Å². The van der Waals surface area contributed by atoms with Crippen molar-refractivity contribution >= 4 is 5.91 Å². The summed E-state index contributed by atoms with van der Waals surface area (Å²) in [5, 5.41) is 11.9. The first-order chi connectivity index (χ1) is 9.82. The molecule has 2 N–H and O–H groups in total. The van der Waals surface area contributed by atoms with Crippen LogP contribution in [0.1, 0.15) is 24.0 Å². The summed E-state index contributed by atoms with van der Waals surface area (Å²) in [6.45, 7) is 0.918. The van der Waals surface area contributed by atoms with Crippen molar-refractivity contribution in [3.8, 4) is 5.75 Å². The Kier molecular flexibility index (Phi) is 4.41. The number of amides is 1. The van der Waals surface area contributed by atoms with Crippen LogP contribution in [0.3, 0.4) is 0 Å². The van der Waals surface area contributed by atoms with Crippen LogP contribution < -0.4 is 5.32 Å². The van der Waals surface area contributed by atoms with Crippen molar-refractivity contribution in [3.63, 3.8) is 0 Å². The third-order valence-corrected chi connectivity index (χ3v) is 3.66. The van der Waals surface area contributed by atoms with Crippen molar-refractivity contribution in [1.29, 1.82) is 0 Å². The third-order valence-electron chi connectivity index (χ3n) is 3.66. The average molecular weight is 302 g/mol. The quantitative estimate of drug-likeness (QED) is 0.899. The van der Waals surface area contributed by atoms with Crippen LogP contribution in [0.25, 0.3) is 0 Å². The van der Waals surface area contributed by atoms with Crippen molar-refractivity contribution < 1.29 is 23.1 Å². The molecule has 1 atom stereocenters. The number of phenolic OH excluding ortho intramolecular Hbond substituents is 1. The molecule has 7 heteroatoms. The molecular weight excluding hydrogens is 285 g/mol. The molecule has 4 nitrogen and oxygen atoms in total. The Hall–Kier alpha value is -1.76. The second-order valence-corrected chi connectivity index (χ2v) is 5.09. The second kappa shape index (κ2) is 5.93. The highest BCUT2D eigenvalue weighted by Crippen LogP contribution is 2.36. The van der Waals surface area contributed by atoms with Crippen molar-refractivity contribution in [2.45, 2.75) is 31.6 Å². The minimum Gasteiger partial charge on any atom is -0.507 e. The van der Waals surface area contributed by atoms with Gasteiger partial charge in [-0.05, 0) is 37.1 Å². The van der Waals surface area contributed by atoms with Gasteiger partial charge in [0.1, 0.15) is 5.75 Å². The molecule has 2 rings (SSSR count). The Morgan fingerprint density at radius 2 is 2.19 bits per heavy atom. The molecule has 1 unspecified atom stereocenters. The van der Waals surface area contributed by atoms with Crippen LogP contribution in [0.2, 0.25) is 0 Å². The lowest BCUT2D eigenvalue weighted by molar-refractivity contribution is -0.138. The Balaban J connectivity index is 2.18. The van der Waals surface area contributed by atoms with Crippen molar-refractivity contribution in [3.05, 3.63) is 29.3 Å². The summed E-state index contributed by atoms with van der Waals surface area (Å²) in [7, 11) is 1.54. The van der Waals surface area contributed by atoms with Gasteiger partial charge in [-0.1, -0.05) is 6.07 Å². The van der Waals surface area contributed by atoms with Crippen LogP contribution in [0.4, 0.5) is 13.2 Å². The van der Waals surface area contributed by atoms with E-state index in [-0.39, 0.29) is 18.5 Å². The molecule has 0 aliphatic carbocycles. The van der Waals surface area contributed by atoms with Gasteiger partial charge in [-0.3, -0.25) is 9.69 Å². The number of alkyl halides is 3. The van der Waals surface area contributed by atoms with Gasteiger partial charge in [-0.15, -0.1) is 0 Å². The van der Waals surface area contributed by atoms with Crippen molar-refractivity contribution in [2.75, 3.05) is 13.6 Å². The third kappa shape index (κ3) is 3.47. The van der Waals surface area contributed by atoms with E-state index in [1.54, 1.807) is 7.05 Å². The molecule has 1 fully saturated rings. The SMILES string of the molecule is CNC(=O)C1CCCN1Cc1ccc(O)c(C(F)(F)F)c1. The molecule has 0 saturated carbocycles. The topological polar surface area (TPSA) is 52.6 Å². The number of hydrogen-bond donors (Lipinski definition) is 2. The van der Waals surface area contributed by atoms with Gasteiger partial charge in [-0.25, -0.2) is 0 Å². The van der Waals surface area contributed by atoms with E-state index in [9.17, 15) is 23.1 Å². The first-order valence-corrected chi connectivity index (χ1v) is 6.67. The molecule has 1 amide bonds. The van der Waals surface area contributed by atoms with Crippen LogP contribution >= 0.6 is 0 Å². The summed E-state index contributed by atoms with van der Waals surface area (Å²) >= 11 is 0. The van der Waals surface area contributed by atoms with E-state index in [1.807, 2.05) is 4.90 Å². The molecule has 1 aromatic carbocycles. The van der Waals surface area contributed by atoms with Gasteiger partial charge in [0.25, 0.3) is 0 Å². The van der Waals surface area contributed by atoms with Crippen LogP contribution in [-0.2, 0) is 17.5 Å². The number of likely N-dealkylation sites (N-methyl/N-ethyl adjacent to an activating group) is 1. The number of nitrogens with one attached hydrogen (secondary N) is 1. The molecule has 21 heavy (non-hydrogen) atoms. The zero-order valence-corrected chi connectivity index (χ0v) is 11.6. The van der Waals surface area contributed by atoms with E-state index in [2.05, 4.69) is 5.32 Å². The zero-order valence-electron chi connectivity index (χ0n) is 11.6. The highest BCUT2D eigenvalue weighted by molar-refractivity contribution is 5.81. The number of nitrogens with zero attached hydrogens (tertiary/aromatic N) is 1. The fraction of sp³-hybridized carbons (Fsp3) is 0.500. The van der Waals surface area contributed by atoms with E-state index in [0.29, 0.717) is 18.5 Å². The van der Waals surface area contributed by atoms with Crippen LogP contribution in [-0.4, -0.2) is 35.5 Å². The van der Waals surface area contributed by atoms with Crippen molar-refractivity contribution in [2.24, 2.45) is 0 Å². The van der Waals surface area contributed by atoms with E-state index in [1.165, 1.54) is 6.07 Å². The predicted octanol–water partition coefficient (Wildman–Crippen LogP) is 2.12. The van der Waals surface area contributed by atoms with Gasteiger partial charge in [0, 0.05) is 13.6 Å². The lowest BCUT2D eigenvalue weighted by atomic mass is 10.1. The lowest BCUT2D eigenvalue weighted by Crippen LogP contribution is -2.41. The summed E-state index contributed by atoms with van der Waals surface area (Å²) in [6.07, 6.45) is -3.06. The highest BCUT2D eigenvalue weighted by Gasteiger charge is 2.35. The number of hydrogen-bond acceptors (Lipinski definition) is 3. The number of halogens is 3. The first kappa shape index (κ1) is 15.6. The first-order valence-electron chi connectivity index (χ1n) is 6.67. The maximum absolute atomic E-state index is 12.8. The predicted molar refractivity (Wildman–Crippen MR) is 70.6 cm³/mol. The minimum atomic E-state index is -4.59. The molecule has 1 heterocycles. The maximum atomic E-state index is 12.8. The number of aromatic hydroxyl groups is 1. The smallest absolute Gasteiger partial charge is 0.419 e. The molecular formula is C14H17F3N2O2. The minimum absolute atomic E-state index is 0.123. The fourth-order valence-corrected chi connectivity index (χ4v) is 2.62. The van der Waals surface area contributed by atoms with E-state index < -0.39 is 17.5 Å². The van der Waals surface area contributed by atoms with E-state index >= 15 is 0 Å². The average Bonchev–Trinajstić information content (AvgIpc) is 2.87. The fourth-order valence-electron chi connectivity index (χ4n) is 2.62. The van der Waals surface area contributed by atoms with Gasteiger partial charge in [-0.2, -0.15) is 13.2 Å². The number of carbonyl (C=O) groups excluding carboxylic acids is 1. The van der Waals surface area contributed by atoms with Gasteiger partial charge < -0.3 is 10.4 Å². The number of rotatable bonds is 3. The Morgan fingerprint density at radius 3 is 2.81 bits per heavy atom. The lowest BCUT2D eigenvalue weighted by Gasteiger charge is -2.23. The largest absolute Gasteiger partial charge is 0.507 e. The molecule has 0 spiro atoms. The summed E-state index contributed by atoms with van der Waals surface area (Å²) in [6, 6.07) is 3.12. The van der Waals surface area contributed by atoms with Crippen LogP contribution in [0.15, 0.2) is 18.2 Å². The number of likely N-dealkylation sites (tertiary alicyclic amines) is 1. The number of benzene rings is 1. The molecule has 1 saturated heterocycles. The molecule has 0 bridgehead atoms. The van der Waals surface area contributed by atoms with Gasteiger partial charge in [0.2, 0.25) is 5.91 Å². The van der Waals surface area contributed by atoms with Crippen molar-refractivity contribution in [1.82, 2.24) is 10.2 Å². The van der Waals surface area contributed by atoms with Crippen LogP contribution in [0, 0.1) is 0 Å². The highest BCUT2D eigenvalue weighted by atomic mass is 19.4. The van der Waals surface area contributed by atoms with Gasteiger partial charge >= 0.3 is 6.18 Å². The van der Waals surface area contributed by atoms with E-state index in [4.69, 9.17) is 0 Å². The van der Waals surface area contributed by atoms with E-state index in [0.717, 1.165) is 18.6 Å². The molecule has 1 aliphatic rings. The van der Waals surface area contributed by atoms with Crippen LogP contribution in [0.5, 0.6) is 5.75 Å². The molecule has 116 valence electrons. The standard InChI is InChI=1S/C14H17F3N2O2/c1-18-13(21)11-3-2-6-19(11)8-9-4-5-12(20)10(7-9)14(15,16)17/h4-5,7,11,20H,2-3,6,8H2,1H3,(H,18,21). The molecule has 1 aromatic rings. The molecule has 0 radical (unpaired) electrons. The number of phenols is 1. The summed E-state index contributed by atoms with van der Waals surface area (Å²) in [5.74, 6) is -0.905. The summed E-state index contributed by atoms with van der Waals surface area (Å²) in [5.41, 5.74) is -0.619. The second-order valence-electron chi connectivity index (χ2n) is 5.09. The Labute approximate surface area is 120 Å². The molecule has 0 aromatic heterocycles. The summed E-state index contributed by atoms with van der Waals surface area (Å²) < 4.78 is 38.3.